The number of carbonyl (C=O) groups excluding carboxylic acids is 1. The minimum atomic E-state index is -0.0294. The van der Waals surface area contributed by atoms with Crippen molar-refractivity contribution in [3.8, 4) is 5.75 Å². The zero-order valence-electron chi connectivity index (χ0n) is 10.3. The number of hydrogen-bond acceptors (Lipinski definition) is 4. The minimum absolute atomic E-state index is 0.0294. The normalized spacial score (nSPS) is 14.9. The first kappa shape index (κ1) is 12.6. The predicted octanol–water partition coefficient (Wildman–Crippen LogP) is 1.33. The molecule has 5 heteroatoms. The standard InChI is InChI=1S/C13H16N2O3/c1-17-8-9-18-11-4-2-10(3-5-11)12-6-7-13(16)15-14-12/h2-5H,6-9H2,1H3,(H,15,16). The van der Waals surface area contributed by atoms with Crippen LogP contribution in [-0.4, -0.2) is 31.9 Å². The van der Waals surface area contributed by atoms with Crippen molar-refractivity contribution in [1.82, 2.24) is 5.43 Å². The molecule has 0 saturated carbocycles. The van der Waals surface area contributed by atoms with Gasteiger partial charge in [0.15, 0.2) is 0 Å². The molecule has 18 heavy (non-hydrogen) atoms. The molecule has 0 bridgehead atoms. The summed E-state index contributed by atoms with van der Waals surface area (Å²) < 4.78 is 10.4. The number of hydrogen-bond donors (Lipinski definition) is 1. The topological polar surface area (TPSA) is 59.9 Å². The van der Waals surface area contributed by atoms with Gasteiger partial charge in [-0.05, 0) is 29.8 Å². The van der Waals surface area contributed by atoms with Gasteiger partial charge in [-0.2, -0.15) is 5.10 Å². The quantitative estimate of drug-likeness (QED) is 0.800. The summed E-state index contributed by atoms with van der Waals surface area (Å²) in [5.74, 6) is 0.773. The van der Waals surface area contributed by atoms with Crippen molar-refractivity contribution >= 4 is 11.6 Å². The van der Waals surface area contributed by atoms with Crippen molar-refractivity contribution in [2.24, 2.45) is 5.10 Å². The Morgan fingerprint density at radius 2 is 2.00 bits per heavy atom. The molecule has 0 saturated heterocycles. The molecule has 0 radical (unpaired) electrons. The number of carbonyl (C=O) groups is 1. The molecule has 0 atom stereocenters. The van der Waals surface area contributed by atoms with Crippen LogP contribution >= 0.6 is 0 Å². The molecular weight excluding hydrogens is 232 g/mol. The van der Waals surface area contributed by atoms with E-state index in [0.717, 1.165) is 17.0 Å². The average Bonchev–Trinajstić information content (AvgIpc) is 2.41. The van der Waals surface area contributed by atoms with E-state index >= 15 is 0 Å². The van der Waals surface area contributed by atoms with Gasteiger partial charge in [0, 0.05) is 20.0 Å². The van der Waals surface area contributed by atoms with E-state index in [-0.39, 0.29) is 5.91 Å². The number of amides is 1. The van der Waals surface area contributed by atoms with E-state index in [1.165, 1.54) is 0 Å². The van der Waals surface area contributed by atoms with E-state index in [1.807, 2.05) is 24.3 Å². The van der Waals surface area contributed by atoms with Crippen molar-refractivity contribution < 1.29 is 14.3 Å². The molecule has 0 aliphatic carbocycles. The Kier molecular flexibility index (Phi) is 4.30. The fourth-order valence-electron chi connectivity index (χ4n) is 1.67. The number of rotatable bonds is 5. The van der Waals surface area contributed by atoms with Crippen molar-refractivity contribution in [2.45, 2.75) is 12.8 Å². The van der Waals surface area contributed by atoms with Crippen molar-refractivity contribution in [1.29, 1.82) is 0 Å². The molecule has 96 valence electrons. The van der Waals surface area contributed by atoms with Crippen molar-refractivity contribution in [3.63, 3.8) is 0 Å². The maximum absolute atomic E-state index is 11.0. The van der Waals surface area contributed by atoms with Crippen LogP contribution in [0.2, 0.25) is 0 Å². The van der Waals surface area contributed by atoms with Gasteiger partial charge in [-0.15, -0.1) is 0 Å². The SMILES string of the molecule is COCCOc1ccc(C2=NNC(=O)CC2)cc1. The van der Waals surface area contributed by atoms with Crippen LogP contribution in [0.4, 0.5) is 0 Å². The summed E-state index contributed by atoms with van der Waals surface area (Å²) in [5, 5.41) is 4.04. The van der Waals surface area contributed by atoms with Crippen LogP contribution in [-0.2, 0) is 9.53 Å². The molecule has 5 nitrogen and oxygen atoms in total. The molecule has 1 aromatic carbocycles. The van der Waals surface area contributed by atoms with Gasteiger partial charge >= 0.3 is 0 Å². The van der Waals surface area contributed by atoms with Crippen LogP contribution < -0.4 is 10.2 Å². The number of ether oxygens (including phenoxy) is 2. The highest BCUT2D eigenvalue weighted by atomic mass is 16.5. The Balaban J connectivity index is 1.97. The third-order valence-corrected chi connectivity index (χ3v) is 2.65. The summed E-state index contributed by atoms with van der Waals surface area (Å²) in [6.45, 7) is 1.10. The molecule has 0 unspecified atom stereocenters. The molecule has 1 aromatic rings. The largest absolute Gasteiger partial charge is 0.491 e. The van der Waals surface area contributed by atoms with E-state index < -0.39 is 0 Å². The Labute approximate surface area is 106 Å². The van der Waals surface area contributed by atoms with E-state index in [2.05, 4.69) is 10.5 Å². The summed E-state index contributed by atoms with van der Waals surface area (Å²) in [5.41, 5.74) is 4.40. The number of nitrogens with one attached hydrogen (secondary N) is 1. The third kappa shape index (κ3) is 3.30. The Morgan fingerprint density at radius 3 is 2.61 bits per heavy atom. The van der Waals surface area contributed by atoms with E-state index in [9.17, 15) is 4.79 Å². The summed E-state index contributed by atoms with van der Waals surface area (Å²) in [4.78, 5) is 11.0. The molecule has 1 heterocycles. The second-order valence-corrected chi connectivity index (χ2v) is 3.96. The highest BCUT2D eigenvalue weighted by molar-refractivity contribution is 6.04. The van der Waals surface area contributed by atoms with Gasteiger partial charge in [-0.1, -0.05) is 0 Å². The molecule has 0 fully saturated rings. The summed E-state index contributed by atoms with van der Waals surface area (Å²) in [6.07, 6.45) is 1.17. The first-order chi connectivity index (χ1) is 8.79. The maximum Gasteiger partial charge on any atom is 0.240 e. The van der Waals surface area contributed by atoms with E-state index in [1.54, 1.807) is 7.11 Å². The summed E-state index contributed by atoms with van der Waals surface area (Å²) >= 11 is 0. The van der Waals surface area contributed by atoms with Crippen LogP contribution in [0.3, 0.4) is 0 Å². The molecule has 0 spiro atoms. The monoisotopic (exact) mass is 248 g/mol. The second-order valence-electron chi connectivity index (χ2n) is 3.96. The lowest BCUT2D eigenvalue weighted by molar-refractivity contribution is -0.121. The van der Waals surface area contributed by atoms with Gasteiger partial charge < -0.3 is 9.47 Å². The lowest BCUT2D eigenvalue weighted by Crippen LogP contribution is -2.25. The maximum atomic E-state index is 11.0. The van der Waals surface area contributed by atoms with Gasteiger partial charge in [0.05, 0.1) is 12.3 Å². The first-order valence-electron chi connectivity index (χ1n) is 5.87. The average molecular weight is 248 g/mol. The van der Waals surface area contributed by atoms with Gasteiger partial charge in [0.25, 0.3) is 0 Å². The molecule has 1 aliphatic rings. The van der Waals surface area contributed by atoms with Crippen LogP contribution in [0.1, 0.15) is 18.4 Å². The summed E-state index contributed by atoms with van der Waals surface area (Å²) in [6, 6.07) is 7.67. The number of nitrogens with zero attached hydrogens (tertiary/aromatic N) is 1. The molecular formula is C13H16N2O3. The van der Waals surface area contributed by atoms with Crippen LogP contribution in [0.15, 0.2) is 29.4 Å². The fourth-order valence-corrected chi connectivity index (χ4v) is 1.67. The molecule has 2 rings (SSSR count). The zero-order valence-corrected chi connectivity index (χ0v) is 10.3. The predicted molar refractivity (Wildman–Crippen MR) is 67.7 cm³/mol. The molecule has 0 aromatic heterocycles. The minimum Gasteiger partial charge on any atom is -0.491 e. The Morgan fingerprint density at radius 1 is 1.22 bits per heavy atom. The highest BCUT2D eigenvalue weighted by Gasteiger charge is 2.12. The van der Waals surface area contributed by atoms with Gasteiger partial charge in [0.1, 0.15) is 12.4 Å². The fraction of sp³-hybridized carbons (Fsp3) is 0.385. The smallest absolute Gasteiger partial charge is 0.240 e. The van der Waals surface area contributed by atoms with Crippen LogP contribution in [0.25, 0.3) is 0 Å². The highest BCUT2D eigenvalue weighted by Crippen LogP contribution is 2.15. The molecule has 1 N–H and O–H groups in total. The van der Waals surface area contributed by atoms with Crippen molar-refractivity contribution in [3.05, 3.63) is 29.8 Å². The molecule has 1 amide bonds. The number of hydrazone groups is 1. The van der Waals surface area contributed by atoms with E-state index in [0.29, 0.717) is 26.1 Å². The number of benzene rings is 1. The summed E-state index contributed by atoms with van der Waals surface area (Å²) in [7, 11) is 1.64. The van der Waals surface area contributed by atoms with Gasteiger partial charge in [-0.3, -0.25) is 4.79 Å². The second kappa shape index (κ2) is 6.16. The van der Waals surface area contributed by atoms with Crippen LogP contribution in [0, 0.1) is 0 Å². The lowest BCUT2D eigenvalue weighted by atomic mass is 10.0. The van der Waals surface area contributed by atoms with Gasteiger partial charge in [-0.25, -0.2) is 5.43 Å². The van der Waals surface area contributed by atoms with Gasteiger partial charge in [0.2, 0.25) is 5.91 Å². The van der Waals surface area contributed by atoms with Crippen molar-refractivity contribution in [2.75, 3.05) is 20.3 Å². The van der Waals surface area contributed by atoms with E-state index in [4.69, 9.17) is 9.47 Å². The zero-order chi connectivity index (χ0) is 12.8. The first-order valence-corrected chi connectivity index (χ1v) is 5.87. The third-order valence-electron chi connectivity index (χ3n) is 2.65. The number of methoxy groups -OCH3 is 1. The lowest BCUT2D eigenvalue weighted by Gasteiger charge is -2.12. The van der Waals surface area contributed by atoms with Crippen LogP contribution in [0.5, 0.6) is 5.75 Å². The Bertz CT molecular complexity index is 440. The Hall–Kier alpha value is -1.88. The molecule has 1 aliphatic heterocycles.